The maximum atomic E-state index is 12.1. The summed E-state index contributed by atoms with van der Waals surface area (Å²) in [5.41, 5.74) is 0.118. The highest BCUT2D eigenvalue weighted by atomic mass is 32.1. The number of likely N-dealkylation sites (tertiary alicyclic amines) is 2. The van der Waals surface area contributed by atoms with Gasteiger partial charge in [0.1, 0.15) is 0 Å². The van der Waals surface area contributed by atoms with E-state index in [1.54, 1.807) is 0 Å². The molecule has 2 saturated heterocycles. The van der Waals surface area contributed by atoms with Crippen LogP contribution in [0.25, 0.3) is 0 Å². The zero-order valence-corrected chi connectivity index (χ0v) is 16.6. The van der Waals surface area contributed by atoms with E-state index >= 15 is 0 Å². The van der Waals surface area contributed by atoms with Crippen LogP contribution in [0.15, 0.2) is 24.8 Å². The number of aliphatic carboxylic acids is 1. The van der Waals surface area contributed by atoms with E-state index < -0.39 is 12.1 Å². The van der Waals surface area contributed by atoms with E-state index in [1.807, 2.05) is 17.4 Å². The molecule has 156 valence electrons. The first kappa shape index (κ1) is 22.4. The van der Waals surface area contributed by atoms with Gasteiger partial charge in [-0.1, -0.05) is 6.08 Å². The first-order chi connectivity index (χ1) is 13.1. The number of aryl methyl sites for hydroxylation is 1. The molecule has 2 aliphatic heterocycles. The standard InChI is InChI=1S/C17H24N2OS.C2HF3O2/c1-3-10-19-16(20)6-7-17(19)8-11-18(12-9-17)13-15-5-4-14(2)21-15;3-2(4,5)1(6)7/h3-5H,1,6-13H2,2H3;(H,6,7). The van der Waals surface area contributed by atoms with Gasteiger partial charge in [0.25, 0.3) is 0 Å². The van der Waals surface area contributed by atoms with Crippen molar-refractivity contribution in [2.75, 3.05) is 19.6 Å². The van der Waals surface area contributed by atoms with Crippen molar-refractivity contribution in [3.8, 4) is 0 Å². The van der Waals surface area contributed by atoms with E-state index in [9.17, 15) is 18.0 Å². The van der Waals surface area contributed by atoms with Gasteiger partial charge in [-0.05, 0) is 38.3 Å². The summed E-state index contributed by atoms with van der Waals surface area (Å²) in [6.45, 7) is 9.93. The molecule has 1 amide bonds. The molecular weight excluding hydrogens is 393 g/mol. The minimum atomic E-state index is -5.08. The van der Waals surface area contributed by atoms with Crippen molar-refractivity contribution in [2.24, 2.45) is 0 Å². The molecular formula is C19H25F3N2O3S. The molecule has 0 bridgehead atoms. The molecule has 0 aromatic carbocycles. The maximum absolute atomic E-state index is 12.1. The zero-order valence-electron chi connectivity index (χ0n) is 15.8. The van der Waals surface area contributed by atoms with Gasteiger partial charge in [-0.3, -0.25) is 9.69 Å². The van der Waals surface area contributed by atoms with Crippen LogP contribution in [-0.4, -0.2) is 58.1 Å². The second-order valence-electron chi connectivity index (χ2n) is 7.11. The normalized spacial score (nSPS) is 19.4. The molecule has 2 fully saturated rings. The molecule has 0 saturated carbocycles. The van der Waals surface area contributed by atoms with Crippen molar-refractivity contribution in [3.63, 3.8) is 0 Å². The third-order valence-electron chi connectivity index (χ3n) is 5.19. The Morgan fingerprint density at radius 1 is 1.32 bits per heavy atom. The number of carbonyl (C=O) groups is 2. The second-order valence-corrected chi connectivity index (χ2v) is 8.48. The lowest BCUT2D eigenvalue weighted by atomic mass is 9.85. The minimum absolute atomic E-state index is 0.118. The van der Waals surface area contributed by atoms with E-state index in [0.717, 1.165) is 45.3 Å². The number of carboxylic acids is 1. The monoisotopic (exact) mass is 418 g/mol. The molecule has 1 aromatic heterocycles. The Labute approximate surface area is 166 Å². The zero-order chi connectivity index (χ0) is 20.9. The smallest absolute Gasteiger partial charge is 0.475 e. The molecule has 1 spiro atoms. The summed E-state index contributed by atoms with van der Waals surface area (Å²) in [5, 5.41) is 7.12. The average Bonchev–Trinajstić information content (AvgIpc) is 3.15. The third kappa shape index (κ3) is 5.57. The highest BCUT2D eigenvalue weighted by molar-refractivity contribution is 7.11. The summed E-state index contributed by atoms with van der Waals surface area (Å²) in [6.07, 6.45) is 0.753. The molecule has 0 unspecified atom stereocenters. The van der Waals surface area contributed by atoms with Crippen LogP contribution >= 0.6 is 11.3 Å². The first-order valence-electron chi connectivity index (χ1n) is 9.06. The Morgan fingerprint density at radius 2 is 1.93 bits per heavy atom. The topological polar surface area (TPSA) is 60.9 Å². The number of nitrogens with zero attached hydrogens (tertiary/aromatic N) is 2. The predicted molar refractivity (Wildman–Crippen MR) is 101 cm³/mol. The van der Waals surface area contributed by atoms with Crippen molar-refractivity contribution in [1.29, 1.82) is 0 Å². The summed E-state index contributed by atoms with van der Waals surface area (Å²) in [4.78, 5) is 28.4. The number of hydrogen-bond donors (Lipinski definition) is 1. The lowest BCUT2D eigenvalue weighted by Crippen LogP contribution is -2.52. The average molecular weight is 418 g/mol. The fraction of sp³-hybridized carbons (Fsp3) is 0.579. The number of thiophene rings is 1. The Morgan fingerprint density at radius 3 is 2.39 bits per heavy atom. The number of alkyl halides is 3. The summed E-state index contributed by atoms with van der Waals surface area (Å²) in [7, 11) is 0. The lowest BCUT2D eigenvalue weighted by molar-refractivity contribution is -0.192. The van der Waals surface area contributed by atoms with Gasteiger partial charge in [-0.15, -0.1) is 17.9 Å². The summed E-state index contributed by atoms with van der Waals surface area (Å²) >= 11 is 1.89. The fourth-order valence-corrected chi connectivity index (χ4v) is 4.67. The number of amides is 1. The van der Waals surface area contributed by atoms with Crippen LogP contribution in [0, 0.1) is 6.92 Å². The van der Waals surface area contributed by atoms with E-state index in [-0.39, 0.29) is 5.54 Å². The maximum Gasteiger partial charge on any atom is 0.490 e. The van der Waals surface area contributed by atoms with Gasteiger partial charge in [0.15, 0.2) is 0 Å². The van der Waals surface area contributed by atoms with Crippen molar-refractivity contribution in [2.45, 2.75) is 50.9 Å². The molecule has 2 aliphatic rings. The van der Waals surface area contributed by atoms with E-state index in [2.05, 4.69) is 35.4 Å². The van der Waals surface area contributed by atoms with Crippen LogP contribution in [0.4, 0.5) is 13.2 Å². The van der Waals surface area contributed by atoms with Crippen molar-refractivity contribution < 1.29 is 27.9 Å². The summed E-state index contributed by atoms with van der Waals surface area (Å²) < 4.78 is 31.7. The summed E-state index contributed by atoms with van der Waals surface area (Å²) in [5.74, 6) is -2.44. The number of halogens is 3. The van der Waals surface area contributed by atoms with Gasteiger partial charge < -0.3 is 10.0 Å². The van der Waals surface area contributed by atoms with Gasteiger partial charge in [-0.2, -0.15) is 13.2 Å². The molecule has 0 aliphatic carbocycles. The Hall–Kier alpha value is -1.87. The van der Waals surface area contributed by atoms with Gasteiger partial charge in [0.05, 0.1) is 0 Å². The highest BCUT2D eigenvalue weighted by Gasteiger charge is 2.46. The first-order valence-corrected chi connectivity index (χ1v) is 9.88. The van der Waals surface area contributed by atoms with E-state index in [0.29, 0.717) is 12.5 Å². The number of carboxylic acid groups (broad SMARTS) is 1. The molecule has 28 heavy (non-hydrogen) atoms. The van der Waals surface area contributed by atoms with Crippen LogP contribution < -0.4 is 0 Å². The van der Waals surface area contributed by atoms with Gasteiger partial charge in [-0.25, -0.2) is 4.79 Å². The highest BCUT2D eigenvalue weighted by Crippen LogP contribution is 2.39. The number of hydrogen-bond acceptors (Lipinski definition) is 4. The van der Waals surface area contributed by atoms with Crippen LogP contribution in [0.3, 0.4) is 0 Å². The summed E-state index contributed by atoms with van der Waals surface area (Å²) in [6, 6.07) is 4.44. The second kappa shape index (κ2) is 9.09. The Bertz CT molecular complexity index is 710. The lowest BCUT2D eigenvalue weighted by Gasteiger charge is -2.44. The van der Waals surface area contributed by atoms with E-state index in [1.165, 1.54) is 9.75 Å². The molecule has 0 radical (unpaired) electrons. The molecule has 3 heterocycles. The van der Waals surface area contributed by atoms with Crippen molar-refractivity contribution >= 4 is 23.2 Å². The van der Waals surface area contributed by atoms with Gasteiger partial charge in [0.2, 0.25) is 5.91 Å². The molecule has 5 nitrogen and oxygen atoms in total. The largest absolute Gasteiger partial charge is 0.490 e. The van der Waals surface area contributed by atoms with Crippen molar-refractivity contribution in [1.82, 2.24) is 9.80 Å². The molecule has 3 rings (SSSR count). The molecule has 9 heteroatoms. The number of carbonyl (C=O) groups excluding carboxylic acids is 1. The van der Waals surface area contributed by atoms with Gasteiger partial charge >= 0.3 is 12.1 Å². The minimum Gasteiger partial charge on any atom is -0.475 e. The van der Waals surface area contributed by atoms with Crippen LogP contribution in [0.1, 0.15) is 35.4 Å². The fourth-order valence-electron chi connectivity index (χ4n) is 3.74. The predicted octanol–water partition coefficient (Wildman–Crippen LogP) is 3.83. The molecule has 1 aromatic rings. The van der Waals surface area contributed by atoms with E-state index in [4.69, 9.17) is 9.90 Å². The van der Waals surface area contributed by atoms with Gasteiger partial charge in [0, 0.05) is 47.9 Å². The Balaban J connectivity index is 0.000000345. The molecule has 1 N–H and O–H groups in total. The number of piperidine rings is 1. The van der Waals surface area contributed by atoms with Crippen molar-refractivity contribution in [3.05, 3.63) is 34.5 Å². The Kier molecular flexibility index (Phi) is 7.28. The number of rotatable bonds is 4. The van der Waals surface area contributed by atoms with Crippen LogP contribution in [-0.2, 0) is 16.1 Å². The molecule has 0 atom stereocenters. The SMILES string of the molecule is C=CCN1C(=O)CCC12CCN(Cc1ccc(C)s1)CC2.O=C(O)C(F)(F)F. The van der Waals surface area contributed by atoms with Crippen LogP contribution in [0.5, 0.6) is 0 Å². The van der Waals surface area contributed by atoms with Crippen LogP contribution in [0.2, 0.25) is 0 Å². The third-order valence-corrected chi connectivity index (χ3v) is 6.18. The quantitative estimate of drug-likeness (QED) is 0.755.